The largest absolute Gasteiger partial charge is 0.425 e. The maximum atomic E-state index is 8.70. The third-order valence-corrected chi connectivity index (χ3v) is 2.57. The quantitative estimate of drug-likeness (QED) is 0.691. The molecule has 0 fully saturated rings. The van der Waals surface area contributed by atoms with Crippen molar-refractivity contribution in [3.05, 3.63) is 45.9 Å². The molecule has 1 heterocycles. The molecule has 1 N–H and O–H groups in total. The van der Waals surface area contributed by atoms with Gasteiger partial charge in [0.1, 0.15) is 6.07 Å². The standard InChI is InChI=1S/C11H6Cl2N4O/c12-8-2-1-7(9(13)3-8)5-16-17-11-10(4-14)15-6-18-11/h1-3,5-6,17H/b16-5+. The Morgan fingerprint density at radius 2 is 2.28 bits per heavy atom. The molecule has 2 aromatic rings. The molecule has 0 aliphatic heterocycles. The monoisotopic (exact) mass is 280 g/mol. The zero-order valence-corrected chi connectivity index (χ0v) is 10.4. The predicted octanol–water partition coefficient (Wildman–Crippen LogP) is 3.30. The van der Waals surface area contributed by atoms with Crippen molar-refractivity contribution < 1.29 is 4.42 Å². The third-order valence-electron chi connectivity index (χ3n) is 2.01. The second-order valence-electron chi connectivity index (χ2n) is 3.18. The van der Waals surface area contributed by atoms with E-state index in [0.29, 0.717) is 15.6 Å². The minimum absolute atomic E-state index is 0.134. The highest BCUT2D eigenvalue weighted by Crippen LogP contribution is 2.19. The van der Waals surface area contributed by atoms with Crippen molar-refractivity contribution in [3.63, 3.8) is 0 Å². The van der Waals surface area contributed by atoms with Crippen molar-refractivity contribution in [1.82, 2.24) is 4.98 Å². The van der Waals surface area contributed by atoms with Crippen LogP contribution in [0.2, 0.25) is 10.0 Å². The number of hydrogen-bond donors (Lipinski definition) is 1. The Kier molecular flexibility index (Phi) is 3.82. The van der Waals surface area contributed by atoms with Crippen LogP contribution in [0.25, 0.3) is 0 Å². The summed E-state index contributed by atoms with van der Waals surface area (Å²) in [6, 6.07) is 6.89. The fraction of sp³-hybridized carbons (Fsp3) is 0. The van der Waals surface area contributed by atoms with Gasteiger partial charge < -0.3 is 4.42 Å². The van der Waals surface area contributed by atoms with Gasteiger partial charge in [-0.2, -0.15) is 10.4 Å². The Morgan fingerprint density at radius 3 is 3.00 bits per heavy atom. The third kappa shape index (κ3) is 2.80. The molecule has 2 rings (SSSR count). The minimum Gasteiger partial charge on any atom is -0.425 e. The van der Waals surface area contributed by atoms with Crippen LogP contribution in [0.1, 0.15) is 11.3 Å². The Bertz CT molecular complexity index is 630. The molecular formula is C11H6Cl2N4O. The van der Waals surface area contributed by atoms with Gasteiger partial charge in [-0.3, -0.25) is 0 Å². The van der Waals surface area contributed by atoms with Gasteiger partial charge in [0.15, 0.2) is 6.39 Å². The smallest absolute Gasteiger partial charge is 0.251 e. The van der Waals surface area contributed by atoms with E-state index in [1.165, 1.54) is 6.21 Å². The lowest BCUT2D eigenvalue weighted by atomic mass is 10.2. The summed E-state index contributed by atoms with van der Waals surface area (Å²) in [5.41, 5.74) is 3.38. The van der Waals surface area contributed by atoms with E-state index < -0.39 is 0 Å². The summed E-state index contributed by atoms with van der Waals surface area (Å²) in [5, 5.41) is 13.6. The molecule has 5 nitrogen and oxygen atoms in total. The molecular weight excluding hydrogens is 275 g/mol. The van der Waals surface area contributed by atoms with Gasteiger partial charge in [-0.05, 0) is 12.1 Å². The number of halogens is 2. The molecule has 1 aromatic heterocycles. The number of rotatable bonds is 3. The van der Waals surface area contributed by atoms with Crippen molar-refractivity contribution in [2.75, 3.05) is 5.43 Å². The molecule has 18 heavy (non-hydrogen) atoms. The molecule has 90 valence electrons. The van der Waals surface area contributed by atoms with Gasteiger partial charge in [-0.25, -0.2) is 10.4 Å². The average molecular weight is 281 g/mol. The molecule has 0 amide bonds. The Morgan fingerprint density at radius 1 is 1.44 bits per heavy atom. The zero-order valence-electron chi connectivity index (χ0n) is 8.89. The molecule has 0 aliphatic rings. The number of oxazole rings is 1. The van der Waals surface area contributed by atoms with Crippen molar-refractivity contribution in [2.45, 2.75) is 0 Å². The number of anilines is 1. The fourth-order valence-electron chi connectivity index (χ4n) is 1.17. The second kappa shape index (κ2) is 5.54. The normalized spacial score (nSPS) is 10.5. The van der Waals surface area contributed by atoms with Crippen LogP contribution < -0.4 is 5.43 Å². The van der Waals surface area contributed by atoms with E-state index in [9.17, 15) is 0 Å². The summed E-state index contributed by atoms with van der Waals surface area (Å²) in [6.45, 7) is 0. The Hall–Kier alpha value is -2.03. The van der Waals surface area contributed by atoms with Crippen LogP contribution in [0.3, 0.4) is 0 Å². The van der Waals surface area contributed by atoms with Crippen LogP contribution in [-0.4, -0.2) is 11.2 Å². The van der Waals surface area contributed by atoms with Crippen molar-refractivity contribution in [1.29, 1.82) is 5.26 Å². The predicted molar refractivity (Wildman–Crippen MR) is 68.9 cm³/mol. The molecule has 0 bridgehead atoms. The van der Waals surface area contributed by atoms with Crippen LogP contribution in [0, 0.1) is 11.3 Å². The first-order chi connectivity index (χ1) is 8.70. The molecule has 0 saturated heterocycles. The maximum absolute atomic E-state index is 8.70. The van der Waals surface area contributed by atoms with Crippen molar-refractivity contribution in [3.8, 4) is 6.07 Å². The molecule has 0 spiro atoms. The summed E-state index contributed by atoms with van der Waals surface area (Å²) < 4.78 is 4.93. The highest BCUT2D eigenvalue weighted by Gasteiger charge is 2.05. The molecule has 0 radical (unpaired) electrons. The van der Waals surface area contributed by atoms with Gasteiger partial charge in [-0.15, -0.1) is 0 Å². The number of aromatic nitrogens is 1. The van der Waals surface area contributed by atoms with E-state index in [2.05, 4.69) is 15.5 Å². The lowest BCUT2D eigenvalue weighted by molar-refractivity contribution is 0.570. The molecule has 0 atom stereocenters. The van der Waals surface area contributed by atoms with E-state index >= 15 is 0 Å². The Labute approximate surface area is 113 Å². The summed E-state index contributed by atoms with van der Waals surface area (Å²) in [6.07, 6.45) is 2.65. The average Bonchev–Trinajstić information content (AvgIpc) is 2.79. The summed E-state index contributed by atoms with van der Waals surface area (Å²) in [5.74, 6) is 0.179. The van der Waals surface area contributed by atoms with Crippen LogP contribution in [0.5, 0.6) is 0 Å². The number of nitrogens with zero attached hydrogens (tertiary/aromatic N) is 3. The van der Waals surface area contributed by atoms with Crippen LogP contribution >= 0.6 is 23.2 Å². The van der Waals surface area contributed by atoms with E-state index in [-0.39, 0.29) is 11.6 Å². The SMILES string of the molecule is N#Cc1ncoc1N/N=C/c1ccc(Cl)cc1Cl. The van der Waals surface area contributed by atoms with E-state index in [0.717, 1.165) is 6.39 Å². The number of hydrazone groups is 1. The van der Waals surface area contributed by atoms with E-state index in [1.807, 2.05) is 6.07 Å². The zero-order chi connectivity index (χ0) is 13.0. The van der Waals surface area contributed by atoms with E-state index in [1.54, 1.807) is 18.2 Å². The number of nitrogens with one attached hydrogen (secondary N) is 1. The molecule has 1 aromatic carbocycles. The van der Waals surface area contributed by atoms with Gasteiger partial charge >= 0.3 is 0 Å². The topological polar surface area (TPSA) is 74.2 Å². The van der Waals surface area contributed by atoms with Crippen LogP contribution in [0.4, 0.5) is 5.88 Å². The molecule has 0 unspecified atom stereocenters. The molecule has 0 saturated carbocycles. The lowest BCUT2D eigenvalue weighted by Crippen LogP contribution is -1.92. The number of hydrogen-bond acceptors (Lipinski definition) is 5. The van der Waals surface area contributed by atoms with Gasteiger partial charge in [-0.1, -0.05) is 29.3 Å². The van der Waals surface area contributed by atoms with Crippen molar-refractivity contribution >= 4 is 35.3 Å². The summed E-state index contributed by atoms with van der Waals surface area (Å²) >= 11 is 11.7. The van der Waals surface area contributed by atoms with Gasteiger partial charge in [0, 0.05) is 10.6 Å². The fourth-order valence-corrected chi connectivity index (χ4v) is 1.63. The summed E-state index contributed by atoms with van der Waals surface area (Å²) in [4.78, 5) is 3.68. The van der Waals surface area contributed by atoms with Crippen molar-refractivity contribution in [2.24, 2.45) is 5.10 Å². The number of nitriles is 1. The molecule has 7 heteroatoms. The molecule has 0 aliphatic carbocycles. The van der Waals surface area contributed by atoms with Gasteiger partial charge in [0.05, 0.1) is 11.2 Å². The highest BCUT2D eigenvalue weighted by molar-refractivity contribution is 6.36. The maximum Gasteiger partial charge on any atom is 0.251 e. The second-order valence-corrected chi connectivity index (χ2v) is 4.02. The first-order valence-corrected chi connectivity index (χ1v) is 5.54. The first kappa shape index (κ1) is 12.4. The van der Waals surface area contributed by atoms with Gasteiger partial charge in [0.25, 0.3) is 5.88 Å². The Balaban J connectivity index is 2.10. The number of benzene rings is 1. The lowest BCUT2D eigenvalue weighted by Gasteiger charge is -1.98. The van der Waals surface area contributed by atoms with E-state index in [4.69, 9.17) is 32.9 Å². The van der Waals surface area contributed by atoms with Crippen LogP contribution in [-0.2, 0) is 0 Å². The van der Waals surface area contributed by atoms with Crippen LogP contribution in [0.15, 0.2) is 34.1 Å². The minimum atomic E-state index is 0.134. The highest BCUT2D eigenvalue weighted by atomic mass is 35.5. The first-order valence-electron chi connectivity index (χ1n) is 4.78. The summed E-state index contributed by atoms with van der Waals surface area (Å²) in [7, 11) is 0. The van der Waals surface area contributed by atoms with Gasteiger partial charge in [0.2, 0.25) is 5.69 Å².